The molecule has 0 saturated heterocycles. The quantitative estimate of drug-likeness (QED) is 0.843. The summed E-state index contributed by atoms with van der Waals surface area (Å²) in [5.41, 5.74) is 1.01. The normalized spacial score (nSPS) is 14.1. The van der Waals surface area contributed by atoms with Crippen molar-refractivity contribution in [2.75, 3.05) is 5.32 Å². The fraction of sp³-hybridized carbons (Fsp3) is 0.500. The van der Waals surface area contributed by atoms with E-state index >= 15 is 0 Å². The Kier molecular flexibility index (Phi) is 5.23. The molecule has 0 heterocycles. The maximum absolute atomic E-state index is 12.1. The first kappa shape index (κ1) is 15.8. The van der Waals surface area contributed by atoms with Crippen LogP contribution in [-0.2, 0) is 4.79 Å². The predicted molar refractivity (Wildman–Crippen MR) is 84.6 cm³/mol. The SMILES string of the molecule is CC(C)CCC(=O)Nc1ccc(Cl)c(C(=O)NC2CC2)c1. The van der Waals surface area contributed by atoms with Gasteiger partial charge in [-0.05, 0) is 43.4 Å². The molecule has 2 amide bonds. The standard InChI is InChI=1S/C16H21ClN2O2/c1-10(2)3-8-15(20)18-12-6-7-14(17)13(9-12)16(21)19-11-4-5-11/h6-7,9-11H,3-5,8H2,1-2H3,(H,18,20)(H,19,21). The Hall–Kier alpha value is -1.55. The van der Waals surface area contributed by atoms with Crippen LogP contribution in [0.2, 0.25) is 5.02 Å². The number of carbonyl (C=O) groups excluding carboxylic acids is 2. The molecule has 0 aliphatic heterocycles. The highest BCUT2D eigenvalue weighted by molar-refractivity contribution is 6.34. The van der Waals surface area contributed by atoms with Crippen LogP contribution in [0.15, 0.2) is 18.2 Å². The fourth-order valence-corrected chi connectivity index (χ4v) is 2.11. The molecule has 0 atom stereocenters. The number of nitrogens with one attached hydrogen (secondary N) is 2. The third-order valence-electron chi connectivity index (χ3n) is 3.36. The highest BCUT2D eigenvalue weighted by atomic mass is 35.5. The molecule has 0 radical (unpaired) electrons. The lowest BCUT2D eigenvalue weighted by atomic mass is 10.1. The molecule has 1 aromatic rings. The van der Waals surface area contributed by atoms with Crippen molar-refractivity contribution in [2.24, 2.45) is 5.92 Å². The molecule has 4 nitrogen and oxygen atoms in total. The highest BCUT2D eigenvalue weighted by Gasteiger charge is 2.24. The van der Waals surface area contributed by atoms with Crippen molar-refractivity contribution in [2.45, 2.75) is 45.6 Å². The number of hydrogen-bond donors (Lipinski definition) is 2. The van der Waals surface area contributed by atoms with Gasteiger partial charge in [-0.1, -0.05) is 25.4 Å². The number of carbonyl (C=O) groups is 2. The summed E-state index contributed by atoms with van der Waals surface area (Å²) in [6.07, 6.45) is 3.36. The van der Waals surface area contributed by atoms with Crippen LogP contribution >= 0.6 is 11.6 Å². The smallest absolute Gasteiger partial charge is 0.253 e. The van der Waals surface area contributed by atoms with Crippen molar-refractivity contribution in [3.63, 3.8) is 0 Å². The number of benzene rings is 1. The molecule has 0 bridgehead atoms. The maximum atomic E-state index is 12.1. The summed E-state index contributed by atoms with van der Waals surface area (Å²) in [5, 5.41) is 6.10. The van der Waals surface area contributed by atoms with Gasteiger partial charge in [-0.3, -0.25) is 9.59 Å². The van der Waals surface area contributed by atoms with E-state index in [1.807, 2.05) is 0 Å². The van der Waals surface area contributed by atoms with Gasteiger partial charge in [-0.2, -0.15) is 0 Å². The second kappa shape index (κ2) is 6.94. The van der Waals surface area contributed by atoms with Crippen LogP contribution in [0.4, 0.5) is 5.69 Å². The van der Waals surface area contributed by atoms with E-state index in [9.17, 15) is 9.59 Å². The minimum Gasteiger partial charge on any atom is -0.349 e. The highest BCUT2D eigenvalue weighted by Crippen LogP contribution is 2.24. The maximum Gasteiger partial charge on any atom is 0.253 e. The molecule has 1 fully saturated rings. The van der Waals surface area contributed by atoms with Crippen molar-refractivity contribution in [1.29, 1.82) is 0 Å². The fourth-order valence-electron chi connectivity index (χ4n) is 1.91. The van der Waals surface area contributed by atoms with Crippen LogP contribution in [0.25, 0.3) is 0 Å². The molecule has 114 valence electrons. The van der Waals surface area contributed by atoms with Gasteiger partial charge in [-0.25, -0.2) is 0 Å². The Balaban J connectivity index is 2.00. The Bertz CT molecular complexity index is 539. The molecule has 2 rings (SSSR count). The van der Waals surface area contributed by atoms with Gasteiger partial charge in [-0.15, -0.1) is 0 Å². The van der Waals surface area contributed by atoms with E-state index in [-0.39, 0.29) is 17.9 Å². The minimum atomic E-state index is -0.180. The zero-order valence-electron chi connectivity index (χ0n) is 12.4. The van der Waals surface area contributed by atoms with Crippen molar-refractivity contribution in [3.8, 4) is 0 Å². The summed E-state index contributed by atoms with van der Waals surface area (Å²) in [7, 11) is 0. The van der Waals surface area contributed by atoms with Crippen molar-refractivity contribution >= 4 is 29.1 Å². The molecule has 5 heteroatoms. The topological polar surface area (TPSA) is 58.2 Å². The molecular formula is C16H21ClN2O2. The molecule has 0 unspecified atom stereocenters. The third-order valence-corrected chi connectivity index (χ3v) is 3.69. The molecule has 21 heavy (non-hydrogen) atoms. The van der Waals surface area contributed by atoms with Crippen LogP contribution in [0.3, 0.4) is 0 Å². The monoisotopic (exact) mass is 308 g/mol. The first-order valence-corrected chi connectivity index (χ1v) is 7.73. The minimum absolute atomic E-state index is 0.0421. The van der Waals surface area contributed by atoms with Crippen LogP contribution in [-0.4, -0.2) is 17.9 Å². The first-order valence-electron chi connectivity index (χ1n) is 7.36. The summed E-state index contributed by atoms with van der Waals surface area (Å²) < 4.78 is 0. The summed E-state index contributed by atoms with van der Waals surface area (Å²) in [6.45, 7) is 4.16. The molecule has 1 aromatic carbocycles. The van der Waals surface area contributed by atoms with Crippen molar-refractivity contribution in [1.82, 2.24) is 5.32 Å². The average Bonchev–Trinajstić information content (AvgIpc) is 3.22. The zero-order chi connectivity index (χ0) is 15.4. The summed E-state index contributed by atoms with van der Waals surface area (Å²) in [6, 6.07) is 5.26. The van der Waals surface area contributed by atoms with E-state index in [4.69, 9.17) is 11.6 Å². The number of rotatable bonds is 6. The van der Waals surface area contributed by atoms with Gasteiger partial charge >= 0.3 is 0 Å². The van der Waals surface area contributed by atoms with E-state index in [0.29, 0.717) is 28.6 Å². The Morgan fingerprint density at radius 1 is 1.33 bits per heavy atom. The lowest BCUT2D eigenvalue weighted by Gasteiger charge is -2.10. The average molecular weight is 309 g/mol. The van der Waals surface area contributed by atoms with Gasteiger partial charge < -0.3 is 10.6 Å². The number of hydrogen-bond acceptors (Lipinski definition) is 2. The second-order valence-corrected chi connectivity index (χ2v) is 6.33. The molecule has 2 N–H and O–H groups in total. The van der Waals surface area contributed by atoms with E-state index in [0.717, 1.165) is 19.3 Å². The predicted octanol–water partition coefficient (Wildman–Crippen LogP) is 3.61. The lowest BCUT2D eigenvalue weighted by molar-refractivity contribution is -0.116. The lowest BCUT2D eigenvalue weighted by Crippen LogP contribution is -2.25. The van der Waals surface area contributed by atoms with E-state index in [1.165, 1.54) is 0 Å². The molecule has 0 spiro atoms. The molecule has 1 saturated carbocycles. The van der Waals surface area contributed by atoms with Crippen LogP contribution in [0.5, 0.6) is 0 Å². The Labute approximate surface area is 130 Å². The van der Waals surface area contributed by atoms with E-state index in [1.54, 1.807) is 18.2 Å². The second-order valence-electron chi connectivity index (χ2n) is 5.92. The number of anilines is 1. The zero-order valence-corrected chi connectivity index (χ0v) is 13.2. The van der Waals surface area contributed by atoms with Gasteiger partial charge in [0.25, 0.3) is 5.91 Å². The van der Waals surface area contributed by atoms with Crippen LogP contribution in [0.1, 0.15) is 49.9 Å². The van der Waals surface area contributed by atoms with Crippen LogP contribution in [0, 0.1) is 5.92 Å². The van der Waals surface area contributed by atoms with Crippen molar-refractivity contribution in [3.05, 3.63) is 28.8 Å². The molecule has 1 aliphatic rings. The third kappa shape index (κ3) is 5.05. The summed E-state index contributed by atoms with van der Waals surface area (Å²) >= 11 is 6.06. The largest absolute Gasteiger partial charge is 0.349 e. The van der Waals surface area contributed by atoms with Crippen molar-refractivity contribution < 1.29 is 9.59 Å². The molecule has 0 aromatic heterocycles. The van der Waals surface area contributed by atoms with E-state index < -0.39 is 0 Å². The Morgan fingerprint density at radius 2 is 2.05 bits per heavy atom. The summed E-state index contributed by atoms with van der Waals surface area (Å²) in [4.78, 5) is 23.9. The van der Waals surface area contributed by atoms with E-state index in [2.05, 4.69) is 24.5 Å². The molecular weight excluding hydrogens is 288 g/mol. The first-order chi connectivity index (χ1) is 9.95. The van der Waals surface area contributed by atoms with Gasteiger partial charge in [0.2, 0.25) is 5.91 Å². The van der Waals surface area contributed by atoms with Gasteiger partial charge in [0, 0.05) is 18.2 Å². The molecule has 1 aliphatic carbocycles. The van der Waals surface area contributed by atoms with Gasteiger partial charge in [0.15, 0.2) is 0 Å². The Morgan fingerprint density at radius 3 is 2.67 bits per heavy atom. The summed E-state index contributed by atoms with van der Waals surface area (Å²) in [5.74, 6) is 0.265. The van der Waals surface area contributed by atoms with Crippen LogP contribution < -0.4 is 10.6 Å². The number of amides is 2. The van der Waals surface area contributed by atoms with Gasteiger partial charge in [0.1, 0.15) is 0 Å². The van der Waals surface area contributed by atoms with Gasteiger partial charge in [0.05, 0.1) is 10.6 Å². The number of halogens is 1.